The maximum Gasteiger partial charge on any atom is 0.329 e. The predicted molar refractivity (Wildman–Crippen MR) is 206 cm³/mol. The Morgan fingerprint density at radius 1 is 0.981 bits per heavy atom. The summed E-state index contributed by atoms with van der Waals surface area (Å²) in [7, 11) is -3.57. The molecular weight excluding hydrogens is 716 g/mol. The highest BCUT2D eigenvalue weighted by atomic mass is 35.5. The number of aryl methyl sites for hydroxylation is 1. The van der Waals surface area contributed by atoms with Crippen LogP contribution >= 0.6 is 11.6 Å². The van der Waals surface area contributed by atoms with E-state index < -0.39 is 21.1 Å². The lowest BCUT2D eigenvalue weighted by Gasteiger charge is -2.33. The maximum absolute atomic E-state index is 13.0. The molecule has 53 heavy (non-hydrogen) atoms. The summed E-state index contributed by atoms with van der Waals surface area (Å²) in [6, 6.07) is 14.3. The molecule has 0 unspecified atom stereocenters. The standard InChI is InChI=1S/C38H45ClN8O5S/c1-23(2)52-32-20-28(27-11-15-46(16-12-27)22-26-10-14-40-34(19-26)47-17-13-35(48)44-38(47)49)25(5)18-31(32)43-37-41-21-29(39)36(45-37)42-30-8-6-7-9-33(30)53(50,51)24(3)4/h6-10,14,18-21,23-24,27H,11-13,15-17,22H2,1-5H3,(H,44,48,49)(H2,41,42,43,45). The molecule has 0 atom stereocenters. The van der Waals surface area contributed by atoms with Crippen LogP contribution in [0.3, 0.4) is 0 Å². The molecule has 4 heterocycles. The number of likely N-dealkylation sites (tertiary alicyclic amines) is 1. The number of anilines is 5. The van der Waals surface area contributed by atoms with Gasteiger partial charge in [0.25, 0.3) is 0 Å². The molecule has 0 saturated carbocycles. The van der Waals surface area contributed by atoms with Gasteiger partial charge in [-0.05, 0) is 120 Å². The molecule has 0 radical (unpaired) electrons. The van der Waals surface area contributed by atoms with Crippen LogP contribution in [-0.2, 0) is 21.2 Å². The van der Waals surface area contributed by atoms with Gasteiger partial charge in [0.05, 0.1) is 33.8 Å². The molecular formula is C38H45ClN8O5S. The smallest absolute Gasteiger partial charge is 0.329 e. The van der Waals surface area contributed by atoms with Crippen LogP contribution in [-0.4, -0.2) is 71.2 Å². The zero-order valence-electron chi connectivity index (χ0n) is 30.5. The van der Waals surface area contributed by atoms with Gasteiger partial charge in [0.1, 0.15) is 16.6 Å². The number of urea groups is 1. The first-order chi connectivity index (χ1) is 25.3. The van der Waals surface area contributed by atoms with E-state index in [-0.39, 0.29) is 40.1 Å². The molecule has 3 N–H and O–H groups in total. The minimum atomic E-state index is -3.57. The van der Waals surface area contributed by atoms with E-state index in [1.165, 1.54) is 16.7 Å². The fourth-order valence-corrected chi connectivity index (χ4v) is 7.92. The van der Waals surface area contributed by atoms with Gasteiger partial charge in [-0.2, -0.15) is 4.98 Å². The average Bonchev–Trinajstić information content (AvgIpc) is 3.11. The third-order valence-electron chi connectivity index (χ3n) is 9.36. The summed E-state index contributed by atoms with van der Waals surface area (Å²) in [5, 5.41) is 8.41. The highest BCUT2D eigenvalue weighted by molar-refractivity contribution is 7.92. The van der Waals surface area contributed by atoms with Crippen LogP contribution in [0.5, 0.6) is 5.75 Å². The van der Waals surface area contributed by atoms with Crippen molar-refractivity contribution >= 4 is 62.3 Å². The van der Waals surface area contributed by atoms with Crippen molar-refractivity contribution in [1.82, 2.24) is 25.2 Å². The Bertz CT molecular complexity index is 2100. The number of nitrogens with one attached hydrogen (secondary N) is 3. The van der Waals surface area contributed by atoms with Gasteiger partial charge in [0, 0.05) is 25.7 Å². The SMILES string of the molecule is Cc1cc(Nc2ncc(Cl)c(Nc3ccccc3S(=O)(=O)C(C)C)n2)c(OC(C)C)cc1C1CCN(Cc2ccnc(N3CCC(=O)NC3=O)c2)CC1. The molecule has 2 fully saturated rings. The fraction of sp³-hybridized carbons (Fsp3) is 0.395. The van der Waals surface area contributed by atoms with E-state index in [1.807, 2.05) is 26.0 Å². The van der Waals surface area contributed by atoms with E-state index in [4.69, 9.17) is 16.3 Å². The summed E-state index contributed by atoms with van der Waals surface area (Å²) < 4.78 is 32.4. The number of hydrogen-bond donors (Lipinski definition) is 3. The molecule has 2 aliphatic heterocycles. The first kappa shape index (κ1) is 38.0. The first-order valence-corrected chi connectivity index (χ1v) is 19.7. The van der Waals surface area contributed by atoms with Crippen LogP contribution in [0.2, 0.25) is 5.02 Å². The number of pyridine rings is 1. The molecule has 2 aromatic heterocycles. The first-order valence-electron chi connectivity index (χ1n) is 17.8. The van der Waals surface area contributed by atoms with Crippen molar-refractivity contribution in [3.05, 3.63) is 82.6 Å². The highest BCUT2D eigenvalue weighted by Gasteiger charge is 2.27. The summed E-state index contributed by atoms with van der Waals surface area (Å²) in [6.07, 6.45) is 5.28. The van der Waals surface area contributed by atoms with E-state index in [1.54, 1.807) is 44.3 Å². The average molecular weight is 761 g/mol. The van der Waals surface area contributed by atoms with Gasteiger partial charge in [-0.25, -0.2) is 23.2 Å². The number of carbonyl (C=O) groups is 2. The van der Waals surface area contributed by atoms with Crippen LogP contribution in [0, 0.1) is 6.92 Å². The van der Waals surface area contributed by atoms with Crippen LogP contribution in [0.4, 0.5) is 33.8 Å². The van der Waals surface area contributed by atoms with Gasteiger partial charge in [-0.15, -0.1) is 0 Å². The molecule has 2 aromatic carbocycles. The molecule has 6 rings (SSSR count). The molecule has 0 bridgehead atoms. The van der Waals surface area contributed by atoms with Crippen molar-refractivity contribution in [2.24, 2.45) is 0 Å². The fourth-order valence-electron chi connectivity index (χ4n) is 6.58. The molecule has 0 aliphatic carbocycles. The van der Waals surface area contributed by atoms with E-state index in [0.717, 1.165) is 43.6 Å². The summed E-state index contributed by atoms with van der Waals surface area (Å²) in [5.41, 5.74) is 4.47. The second-order valence-electron chi connectivity index (χ2n) is 13.9. The van der Waals surface area contributed by atoms with E-state index in [0.29, 0.717) is 35.4 Å². The minimum absolute atomic E-state index is 0.0857. The lowest BCUT2D eigenvalue weighted by molar-refractivity contribution is -0.120. The number of amides is 3. The van der Waals surface area contributed by atoms with Crippen molar-refractivity contribution in [3.63, 3.8) is 0 Å². The van der Waals surface area contributed by atoms with Crippen molar-refractivity contribution in [2.75, 3.05) is 35.2 Å². The molecule has 3 amide bonds. The molecule has 0 spiro atoms. The Hall–Kier alpha value is -4.79. The van der Waals surface area contributed by atoms with E-state index >= 15 is 0 Å². The Morgan fingerprint density at radius 2 is 1.74 bits per heavy atom. The number of rotatable bonds is 12. The summed E-state index contributed by atoms with van der Waals surface area (Å²) in [4.78, 5) is 41.4. The summed E-state index contributed by atoms with van der Waals surface area (Å²) in [5.74, 6) is 1.82. The molecule has 2 saturated heterocycles. The second-order valence-corrected chi connectivity index (χ2v) is 16.8. The number of hydrogen-bond acceptors (Lipinski definition) is 11. The molecule has 2 aliphatic rings. The third kappa shape index (κ3) is 8.89. The molecule has 280 valence electrons. The van der Waals surface area contributed by atoms with Gasteiger partial charge in [0.2, 0.25) is 11.9 Å². The lowest BCUT2D eigenvalue weighted by Crippen LogP contribution is -2.49. The number of aromatic nitrogens is 3. The summed E-state index contributed by atoms with van der Waals surface area (Å²) in [6.45, 7) is 12.2. The van der Waals surface area contributed by atoms with Gasteiger partial charge in [0.15, 0.2) is 15.7 Å². The van der Waals surface area contributed by atoms with E-state index in [2.05, 4.69) is 54.9 Å². The quantitative estimate of drug-likeness (QED) is 0.135. The number of nitrogens with zero attached hydrogens (tertiary/aromatic N) is 5. The van der Waals surface area contributed by atoms with Gasteiger partial charge in [-0.1, -0.05) is 23.7 Å². The van der Waals surface area contributed by atoms with Crippen LogP contribution in [0.1, 0.15) is 69.6 Å². The Kier molecular flexibility index (Phi) is 11.5. The number of halogens is 1. The Balaban J connectivity index is 1.16. The number of benzene rings is 2. The summed E-state index contributed by atoms with van der Waals surface area (Å²) >= 11 is 6.49. The number of imide groups is 1. The van der Waals surface area contributed by atoms with Gasteiger partial charge in [-0.3, -0.25) is 19.9 Å². The van der Waals surface area contributed by atoms with Gasteiger partial charge >= 0.3 is 6.03 Å². The van der Waals surface area contributed by atoms with Crippen LogP contribution in [0.25, 0.3) is 0 Å². The Morgan fingerprint density at radius 3 is 2.45 bits per heavy atom. The molecule has 4 aromatic rings. The largest absolute Gasteiger partial charge is 0.489 e. The topological polar surface area (TPSA) is 159 Å². The van der Waals surface area contributed by atoms with E-state index in [9.17, 15) is 18.0 Å². The molecule has 13 nitrogen and oxygen atoms in total. The lowest BCUT2D eigenvalue weighted by atomic mass is 9.86. The zero-order valence-corrected chi connectivity index (χ0v) is 32.1. The number of piperidine rings is 1. The maximum atomic E-state index is 13.0. The highest BCUT2D eigenvalue weighted by Crippen LogP contribution is 2.39. The van der Waals surface area contributed by atoms with Crippen LogP contribution < -0.4 is 25.6 Å². The number of ether oxygens (including phenoxy) is 1. The van der Waals surface area contributed by atoms with Crippen LogP contribution in [0.15, 0.2) is 65.8 Å². The minimum Gasteiger partial charge on any atom is -0.489 e. The number of sulfone groups is 1. The number of carbonyl (C=O) groups excluding carboxylic acids is 2. The van der Waals surface area contributed by atoms with Gasteiger partial charge < -0.3 is 15.4 Å². The predicted octanol–water partition coefficient (Wildman–Crippen LogP) is 7.12. The Labute approximate surface area is 315 Å². The number of para-hydroxylation sites is 1. The third-order valence-corrected chi connectivity index (χ3v) is 11.8. The zero-order chi connectivity index (χ0) is 37.9. The monoisotopic (exact) mass is 760 g/mol. The van der Waals surface area contributed by atoms with Crippen molar-refractivity contribution in [3.8, 4) is 5.75 Å². The van der Waals surface area contributed by atoms with Crippen molar-refractivity contribution in [1.29, 1.82) is 0 Å². The normalized spacial score (nSPS) is 15.9. The van der Waals surface area contributed by atoms with Crippen molar-refractivity contribution in [2.45, 2.75) is 82.6 Å². The molecule has 15 heteroatoms. The van der Waals surface area contributed by atoms with Crippen molar-refractivity contribution < 1.29 is 22.7 Å². The second kappa shape index (κ2) is 16.1.